The van der Waals surface area contributed by atoms with Gasteiger partial charge in [-0.1, -0.05) is 17.3 Å². The number of rotatable bonds is 5. The lowest BCUT2D eigenvalue weighted by atomic mass is 9.85. The molecule has 2 N–H and O–H groups in total. The SMILES string of the molecule is CCNC(=O)[C@H]1CC[C@H](Nc2ncc(F)c(-n3nnc4ccccc43)n2)CC1. The lowest BCUT2D eigenvalue weighted by molar-refractivity contribution is -0.125. The van der Waals surface area contributed by atoms with Crippen LogP contribution in [-0.4, -0.2) is 43.5 Å². The van der Waals surface area contributed by atoms with Crippen molar-refractivity contribution in [3.05, 3.63) is 36.3 Å². The number of hydrogen-bond donors (Lipinski definition) is 2. The molecule has 1 fully saturated rings. The van der Waals surface area contributed by atoms with Crippen LogP contribution in [0, 0.1) is 11.7 Å². The van der Waals surface area contributed by atoms with Gasteiger partial charge in [-0.2, -0.15) is 9.67 Å². The van der Waals surface area contributed by atoms with E-state index in [1.807, 2.05) is 31.2 Å². The molecule has 0 unspecified atom stereocenters. The first-order valence-electron chi connectivity index (χ1n) is 9.53. The third kappa shape index (κ3) is 3.64. The van der Waals surface area contributed by atoms with Gasteiger partial charge in [0.15, 0.2) is 11.6 Å². The Hall–Kier alpha value is -3.10. The van der Waals surface area contributed by atoms with E-state index in [2.05, 4.69) is 30.9 Å². The summed E-state index contributed by atoms with van der Waals surface area (Å²) in [5.41, 5.74) is 1.34. The minimum absolute atomic E-state index is 0.0576. The van der Waals surface area contributed by atoms with E-state index in [1.165, 1.54) is 4.68 Å². The summed E-state index contributed by atoms with van der Waals surface area (Å²) in [5, 5.41) is 14.2. The van der Waals surface area contributed by atoms with Crippen molar-refractivity contribution in [2.45, 2.75) is 38.6 Å². The predicted molar refractivity (Wildman–Crippen MR) is 102 cm³/mol. The van der Waals surface area contributed by atoms with Gasteiger partial charge < -0.3 is 10.6 Å². The smallest absolute Gasteiger partial charge is 0.225 e. The molecule has 4 rings (SSSR count). The van der Waals surface area contributed by atoms with E-state index in [0.29, 0.717) is 23.5 Å². The van der Waals surface area contributed by atoms with Crippen molar-refractivity contribution in [1.82, 2.24) is 30.3 Å². The highest BCUT2D eigenvalue weighted by Gasteiger charge is 2.26. The van der Waals surface area contributed by atoms with Gasteiger partial charge in [0.1, 0.15) is 5.52 Å². The van der Waals surface area contributed by atoms with Gasteiger partial charge in [-0.15, -0.1) is 5.10 Å². The van der Waals surface area contributed by atoms with Crippen molar-refractivity contribution < 1.29 is 9.18 Å². The topological polar surface area (TPSA) is 97.6 Å². The summed E-state index contributed by atoms with van der Waals surface area (Å²) in [6.45, 7) is 2.58. The zero-order valence-corrected chi connectivity index (χ0v) is 15.6. The molecule has 28 heavy (non-hydrogen) atoms. The molecule has 0 atom stereocenters. The monoisotopic (exact) mass is 383 g/mol. The third-order valence-corrected chi connectivity index (χ3v) is 5.06. The van der Waals surface area contributed by atoms with Gasteiger partial charge in [-0.25, -0.2) is 9.37 Å². The number of aromatic nitrogens is 5. The molecule has 146 valence electrons. The summed E-state index contributed by atoms with van der Waals surface area (Å²) in [6.07, 6.45) is 4.44. The molecule has 1 amide bonds. The van der Waals surface area contributed by atoms with Crippen LogP contribution in [0.3, 0.4) is 0 Å². The molecule has 0 saturated heterocycles. The third-order valence-electron chi connectivity index (χ3n) is 5.06. The van der Waals surface area contributed by atoms with Crippen LogP contribution < -0.4 is 10.6 Å². The van der Waals surface area contributed by atoms with Gasteiger partial charge in [0.25, 0.3) is 0 Å². The van der Waals surface area contributed by atoms with E-state index >= 15 is 0 Å². The first-order chi connectivity index (χ1) is 13.7. The molecule has 8 nitrogen and oxygen atoms in total. The molecule has 2 heterocycles. The molecule has 3 aromatic rings. The number of para-hydroxylation sites is 1. The number of halogens is 1. The minimum atomic E-state index is -0.568. The quantitative estimate of drug-likeness (QED) is 0.702. The molecule has 1 aliphatic carbocycles. The fraction of sp³-hybridized carbons (Fsp3) is 0.421. The number of nitrogens with zero attached hydrogens (tertiary/aromatic N) is 5. The molecule has 9 heteroatoms. The van der Waals surface area contributed by atoms with Crippen LogP contribution in [0.2, 0.25) is 0 Å². The Kier molecular flexibility index (Phi) is 5.14. The van der Waals surface area contributed by atoms with E-state index < -0.39 is 5.82 Å². The zero-order valence-electron chi connectivity index (χ0n) is 15.6. The van der Waals surface area contributed by atoms with Gasteiger partial charge in [0.05, 0.1) is 11.7 Å². The second kappa shape index (κ2) is 7.87. The number of carbonyl (C=O) groups excluding carboxylic acids is 1. The van der Waals surface area contributed by atoms with Gasteiger partial charge in [0.2, 0.25) is 11.9 Å². The lowest BCUT2D eigenvalue weighted by Crippen LogP contribution is -2.36. The summed E-state index contributed by atoms with van der Waals surface area (Å²) in [6, 6.07) is 7.46. The van der Waals surface area contributed by atoms with Gasteiger partial charge in [-0.3, -0.25) is 4.79 Å². The minimum Gasteiger partial charge on any atom is -0.356 e. The largest absolute Gasteiger partial charge is 0.356 e. The Labute approximate surface area is 161 Å². The standard InChI is InChI=1S/C19H22FN7O/c1-2-21-18(28)12-7-9-13(10-8-12)23-19-22-11-14(20)17(24-19)27-16-6-4-3-5-15(16)25-26-27/h3-6,11-13H,2,7-10H2,1H3,(H,21,28)(H,22,23,24)/t12-,13-. The van der Waals surface area contributed by atoms with E-state index in [9.17, 15) is 9.18 Å². The van der Waals surface area contributed by atoms with Crippen LogP contribution in [-0.2, 0) is 4.79 Å². The summed E-state index contributed by atoms with van der Waals surface area (Å²) in [5.74, 6) is 0.0179. The maximum absolute atomic E-state index is 14.4. The van der Waals surface area contributed by atoms with Crippen LogP contribution in [0.25, 0.3) is 16.9 Å². The number of hydrogen-bond acceptors (Lipinski definition) is 6. The molecule has 0 aliphatic heterocycles. The highest BCUT2D eigenvalue weighted by Crippen LogP contribution is 2.26. The molecular weight excluding hydrogens is 361 g/mol. The predicted octanol–water partition coefficient (Wildman–Crippen LogP) is 2.46. The van der Waals surface area contributed by atoms with Gasteiger partial charge >= 0.3 is 0 Å². The highest BCUT2D eigenvalue weighted by molar-refractivity contribution is 5.78. The molecule has 1 aromatic carbocycles. The van der Waals surface area contributed by atoms with Gasteiger partial charge in [0, 0.05) is 18.5 Å². The van der Waals surface area contributed by atoms with Crippen LogP contribution in [0.5, 0.6) is 0 Å². The van der Waals surface area contributed by atoms with Crippen molar-refractivity contribution in [1.29, 1.82) is 0 Å². The van der Waals surface area contributed by atoms with E-state index in [4.69, 9.17) is 0 Å². The number of benzene rings is 1. The summed E-state index contributed by atoms with van der Waals surface area (Å²) < 4.78 is 15.7. The zero-order chi connectivity index (χ0) is 19.5. The average molecular weight is 383 g/mol. The Morgan fingerprint density at radius 2 is 2.04 bits per heavy atom. The maximum atomic E-state index is 14.4. The van der Waals surface area contributed by atoms with Crippen molar-refractivity contribution in [2.75, 3.05) is 11.9 Å². The number of anilines is 1. The van der Waals surface area contributed by atoms with Gasteiger partial charge in [-0.05, 0) is 44.7 Å². The molecule has 0 spiro atoms. The molecule has 0 bridgehead atoms. The highest BCUT2D eigenvalue weighted by atomic mass is 19.1. The van der Waals surface area contributed by atoms with Crippen LogP contribution in [0.1, 0.15) is 32.6 Å². The Morgan fingerprint density at radius 3 is 2.82 bits per heavy atom. The normalized spacial score (nSPS) is 19.5. The molecule has 1 saturated carbocycles. The Morgan fingerprint density at radius 1 is 1.25 bits per heavy atom. The van der Waals surface area contributed by atoms with E-state index in [1.54, 1.807) is 0 Å². The van der Waals surface area contributed by atoms with Crippen LogP contribution in [0.15, 0.2) is 30.5 Å². The molecular formula is C19H22FN7O. The number of nitrogens with one attached hydrogen (secondary N) is 2. The fourth-order valence-electron chi connectivity index (χ4n) is 3.60. The van der Waals surface area contributed by atoms with Crippen molar-refractivity contribution in [2.24, 2.45) is 5.92 Å². The van der Waals surface area contributed by atoms with E-state index in [0.717, 1.165) is 31.9 Å². The van der Waals surface area contributed by atoms with Crippen molar-refractivity contribution in [3.8, 4) is 5.82 Å². The summed E-state index contributed by atoms with van der Waals surface area (Å²) in [7, 11) is 0. The first kappa shape index (κ1) is 18.3. The van der Waals surface area contributed by atoms with Crippen LogP contribution >= 0.6 is 0 Å². The van der Waals surface area contributed by atoms with Crippen molar-refractivity contribution in [3.63, 3.8) is 0 Å². The van der Waals surface area contributed by atoms with Crippen molar-refractivity contribution >= 4 is 22.9 Å². The Bertz CT molecular complexity index is 981. The van der Waals surface area contributed by atoms with E-state index in [-0.39, 0.29) is 23.7 Å². The second-order valence-electron chi connectivity index (χ2n) is 6.94. The average Bonchev–Trinajstić information content (AvgIpc) is 3.14. The number of amides is 1. The second-order valence-corrected chi connectivity index (χ2v) is 6.94. The fourth-order valence-corrected chi connectivity index (χ4v) is 3.60. The molecule has 1 aliphatic rings. The number of fused-ring (bicyclic) bond motifs is 1. The molecule has 2 aromatic heterocycles. The first-order valence-corrected chi connectivity index (χ1v) is 9.53. The summed E-state index contributed by atoms with van der Waals surface area (Å²) in [4.78, 5) is 20.4. The van der Waals surface area contributed by atoms with Crippen LogP contribution in [0.4, 0.5) is 10.3 Å². The maximum Gasteiger partial charge on any atom is 0.225 e. The Balaban J connectivity index is 1.49. The lowest BCUT2D eigenvalue weighted by Gasteiger charge is -2.28. The number of carbonyl (C=O) groups is 1. The summed E-state index contributed by atoms with van der Waals surface area (Å²) >= 11 is 0. The molecule has 0 radical (unpaired) electrons.